The van der Waals surface area contributed by atoms with Crippen LogP contribution < -0.4 is 0 Å². The van der Waals surface area contributed by atoms with Gasteiger partial charge < -0.3 is 4.74 Å². The molecule has 0 saturated carbocycles. The van der Waals surface area contributed by atoms with Gasteiger partial charge in [-0.05, 0) is 35.7 Å². The van der Waals surface area contributed by atoms with Crippen molar-refractivity contribution < 1.29 is 49.7 Å². The third-order valence-electron chi connectivity index (χ3n) is 6.45. The fourth-order valence-electron chi connectivity index (χ4n) is 4.59. The van der Waals surface area contributed by atoms with Crippen molar-refractivity contribution in [3.05, 3.63) is 139 Å². The molecule has 7 aromatic rings. The fourth-order valence-corrected chi connectivity index (χ4v) is 4.59. The quantitative estimate of drug-likeness (QED) is 0.0938. The number of hydrogen-bond acceptors (Lipinski definition) is 5. The van der Waals surface area contributed by atoms with Crippen molar-refractivity contribution in [2.45, 2.75) is 0 Å². The Morgan fingerprint density at radius 2 is 0.915 bits per heavy atom. The summed E-state index contributed by atoms with van der Waals surface area (Å²) in [5.74, 6) is 0.783. The van der Waals surface area contributed by atoms with Crippen LogP contribution in [-0.2, 0) is 24.5 Å². The van der Waals surface area contributed by atoms with Gasteiger partial charge in [0, 0.05) is 45.7 Å². The number of benzene rings is 4. The predicted molar refractivity (Wildman–Crippen MR) is 174 cm³/mol. The second-order valence-corrected chi connectivity index (χ2v) is 11.9. The second-order valence-electron chi connectivity index (χ2n) is 9.94. The van der Waals surface area contributed by atoms with E-state index in [4.69, 9.17) is 4.74 Å². The summed E-state index contributed by atoms with van der Waals surface area (Å²) in [6, 6.07) is 38.8. The topological polar surface area (TPSA) is 60.3 Å². The molecule has 0 atom stereocenters. The summed E-state index contributed by atoms with van der Waals surface area (Å²) in [4.78, 5) is 17.3. The number of rotatable bonds is 1. The van der Waals surface area contributed by atoms with Crippen LogP contribution in [0.1, 0.15) is 5.56 Å². The van der Waals surface area contributed by atoms with E-state index in [9.17, 15) is 25.2 Å². The van der Waals surface area contributed by atoms with Crippen LogP contribution in [0, 0.1) is 0 Å². The Hall–Kier alpha value is -4.51. The molecule has 0 bridgehead atoms. The molecule has 0 amide bonds. The van der Waals surface area contributed by atoms with Crippen molar-refractivity contribution in [1.82, 2.24) is 15.0 Å². The van der Waals surface area contributed by atoms with Gasteiger partial charge in [-0.2, -0.15) is 0 Å². The number of halogens is 6. The maximum atomic E-state index is 9.87. The van der Waals surface area contributed by atoms with E-state index in [1.54, 1.807) is 12.4 Å². The molecule has 242 valence electrons. The van der Waals surface area contributed by atoms with Crippen molar-refractivity contribution in [1.29, 1.82) is 0 Å². The van der Waals surface area contributed by atoms with E-state index in [2.05, 4.69) is 86.7 Å². The normalized spacial score (nSPS) is 13.6. The molecule has 1 aliphatic rings. The number of aliphatic imine (C=N–C) groups is 1. The first-order chi connectivity index (χ1) is 21.8. The maximum Gasteiger partial charge on any atom is 2.00 e. The summed E-state index contributed by atoms with van der Waals surface area (Å²) in [5, 5.41) is 5.95. The fraction of sp³-hybridized carbons (Fsp3) is 0.0588. The first kappa shape index (κ1) is 35.3. The minimum atomic E-state index is -10.7. The van der Waals surface area contributed by atoms with Gasteiger partial charge in [0.1, 0.15) is 6.61 Å². The summed E-state index contributed by atoms with van der Waals surface area (Å²) in [6.45, 7) is 1.52. The number of aromatic nitrogens is 3. The van der Waals surface area contributed by atoms with Gasteiger partial charge in [-0.15, -0.1) is 0 Å². The van der Waals surface area contributed by atoms with Crippen molar-refractivity contribution >= 4 is 57.2 Å². The molecule has 8 rings (SSSR count). The van der Waals surface area contributed by atoms with E-state index in [1.807, 2.05) is 54.7 Å². The first-order valence-electron chi connectivity index (χ1n) is 13.9. The Bertz CT molecular complexity index is 1920. The third kappa shape index (κ3) is 11.1. The summed E-state index contributed by atoms with van der Waals surface area (Å²) < 4.78 is 64.5. The van der Waals surface area contributed by atoms with Crippen LogP contribution in [0.15, 0.2) is 139 Å². The van der Waals surface area contributed by atoms with Gasteiger partial charge in [-0.25, -0.2) is 4.99 Å². The molecule has 0 saturated heterocycles. The molecule has 5 nitrogen and oxygen atoms in total. The standard InChI is InChI=1S/C13H9N.C12H8N2.C9H9NO.F6P.Os/c1-2-6-12-10(4-1)7-8-11-5-3-9-14-13(11)12;1-3-9-5-6-10-4-2-8-14-12(10)11(9)13-7-1;1-2-4-8(5-3-1)9-10-6-7-11-9;1-7(2,3,4,5)6;/h1-9H;1-8H;1-5H,6-7H2;;/q;;;-1;+2. The predicted octanol–water partition coefficient (Wildman–Crippen LogP) is 11.0. The van der Waals surface area contributed by atoms with Crippen LogP contribution in [-0.4, -0.2) is 34.0 Å². The summed E-state index contributed by atoms with van der Waals surface area (Å²) in [7, 11) is -10.7. The Labute approximate surface area is 278 Å². The summed E-state index contributed by atoms with van der Waals surface area (Å²) >= 11 is 0. The molecular weight excluding hydrogens is 816 g/mol. The molecule has 1 aliphatic heterocycles. The number of fused-ring (bicyclic) bond motifs is 6. The largest absolute Gasteiger partial charge is 2.00 e. The molecule has 0 radical (unpaired) electrons. The minimum Gasteiger partial charge on any atom is -0.476 e. The Kier molecular flexibility index (Phi) is 10.6. The zero-order valence-corrected chi connectivity index (χ0v) is 27.8. The average Bonchev–Trinajstić information content (AvgIpc) is 3.60. The zero-order chi connectivity index (χ0) is 32.7. The van der Waals surface area contributed by atoms with Gasteiger partial charge in [0.25, 0.3) is 0 Å². The van der Waals surface area contributed by atoms with Gasteiger partial charge in [0.05, 0.1) is 23.1 Å². The molecule has 47 heavy (non-hydrogen) atoms. The van der Waals surface area contributed by atoms with Crippen molar-refractivity contribution in [2.24, 2.45) is 4.99 Å². The monoisotopic (exact) mass is 843 g/mol. The number of pyridine rings is 3. The van der Waals surface area contributed by atoms with Crippen LogP contribution in [0.25, 0.3) is 43.5 Å². The maximum absolute atomic E-state index is 10.7. The van der Waals surface area contributed by atoms with E-state index in [1.165, 1.54) is 16.2 Å². The van der Waals surface area contributed by atoms with Crippen LogP contribution in [0.5, 0.6) is 0 Å². The first-order valence-corrected chi connectivity index (χ1v) is 15.9. The van der Waals surface area contributed by atoms with Gasteiger partial charge >= 0.3 is 52.8 Å². The smallest absolute Gasteiger partial charge is 0.476 e. The molecule has 4 heterocycles. The van der Waals surface area contributed by atoms with E-state index >= 15 is 0 Å². The Morgan fingerprint density at radius 1 is 0.489 bits per heavy atom. The molecule has 0 aliphatic carbocycles. The number of hydrogen-bond donors (Lipinski definition) is 0. The van der Waals surface area contributed by atoms with E-state index in [0.717, 1.165) is 51.9 Å². The van der Waals surface area contributed by atoms with Crippen LogP contribution in [0.4, 0.5) is 25.2 Å². The Morgan fingerprint density at radius 3 is 1.43 bits per heavy atom. The van der Waals surface area contributed by atoms with Crippen LogP contribution in [0.2, 0.25) is 0 Å². The Balaban J connectivity index is 0.000000145. The SMILES string of the molecule is F[P-](F)(F)(F)(F)F.[Os+2].c1ccc(C2=NCCO2)cc1.c1ccc2c(c1)ccc1cccnc12.c1cnc2c(c1)ccc1cccnc12. The van der Waals surface area contributed by atoms with E-state index in [0.29, 0.717) is 0 Å². The molecule has 0 spiro atoms. The molecule has 3 aromatic heterocycles. The molecule has 4 aromatic carbocycles. The molecular formula is C34H26F6N4OOsP+. The van der Waals surface area contributed by atoms with Gasteiger partial charge in [-0.1, -0.05) is 84.9 Å². The van der Waals surface area contributed by atoms with Crippen LogP contribution in [0.3, 0.4) is 0 Å². The van der Waals surface area contributed by atoms with Crippen molar-refractivity contribution in [2.75, 3.05) is 13.2 Å². The third-order valence-corrected chi connectivity index (χ3v) is 6.45. The molecule has 0 N–H and O–H groups in total. The summed E-state index contributed by atoms with van der Waals surface area (Å²) in [6.07, 6.45) is 5.45. The molecule has 0 fully saturated rings. The van der Waals surface area contributed by atoms with E-state index in [-0.39, 0.29) is 19.8 Å². The molecule has 0 unspecified atom stereocenters. The second kappa shape index (κ2) is 14.1. The molecule has 13 heteroatoms. The minimum absolute atomic E-state index is 0. The van der Waals surface area contributed by atoms with Gasteiger partial charge in [0.15, 0.2) is 0 Å². The number of ether oxygens (including phenoxy) is 1. The zero-order valence-electron chi connectivity index (χ0n) is 24.4. The summed E-state index contributed by atoms with van der Waals surface area (Å²) in [5.41, 5.74) is 4.12. The van der Waals surface area contributed by atoms with Crippen molar-refractivity contribution in [3.8, 4) is 0 Å². The number of nitrogens with zero attached hydrogens (tertiary/aromatic N) is 4. The average molecular weight is 842 g/mol. The van der Waals surface area contributed by atoms with Gasteiger partial charge in [-0.3, -0.25) is 15.0 Å². The van der Waals surface area contributed by atoms with Crippen molar-refractivity contribution in [3.63, 3.8) is 0 Å². The van der Waals surface area contributed by atoms with Gasteiger partial charge in [0.2, 0.25) is 5.90 Å². The van der Waals surface area contributed by atoms with E-state index < -0.39 is 7.81 Å². The van der Waals surface area contributed by atoms with Crippen LogP contribution >= 0.6 is 7.81 Å².